The molecule has 0 aromatic heterocycles. The van der Waals surface area contributed by atoms with E-state index in [1.54, 1.807) is 0 Å². The van der Waals surface area contributed by atoms with E-state index in [9.17, 15) is 29.7 Å². The molecule has 1 radical (unpaired) electrons. The molecule has 0 heterocycles. The largest absolute Gasteiger partial charge is 3.00 e. The van der Waals surface area contributed by atoms with Gasteiger partial charge in [0.15, 0.2) is 0 Å². The van der Waals surface area contributed by atoms with Gasteiger partial charge in [-0.25, -0.2) is 0 Å². The van der Waals surface area contributed by atoms with E-state index in [0.29, 0.717) is 0 Å². The average molecular weight is 608 g/mol. The molecule has 7 heteroatoms. The van der Waals surface area contributed by atoms with E-state index < -0.39 is 17.9 Å². The van der Waals surface area contributed by atoms with Crippen LogP contribution in [0.4, 0.5) is 0 Å². The molecule has 6 nitrogen and oxygen atoms in total. The van der Waals surface area contributed by atoms with Crippen LogP contribution < -0.4 is 15.3 Å². The summed E-state index contributed by atoms with van der Waals surface area (Å²) in [4.78, 5) is 30.2. The second kappa shape index (κ2) is 42.4. The number of hydrogen-bond donors (Lipinski definition) is 0. The van der Waals surface area contributed by atoms with Crippen LogP contribution in [0, 0.1) is 0 Å². The molecule has 0 saturated heterocycles. The molecule has 0 aromatic rings. The normalized spacial score (nSPS) is 9.97. The smallest absolute Gasteiger partial charge is 0.550 e. The van der Waals surface area contributed by atoms with Gasteiger partial charge in [0.1, 0.15) is 0 Å². The molecule has 0 aliphatic heterocycles. The Morgan fingerprint density at radius 3 is 0.625 bits per heavy atom. The molecule has 0 aliphatic carbocycles. The molecule has 0 bridgehead atoms. The Hall–Kier alpha value is -1.06. The summed E-state index contributed by atoms with van der Waals surface area (Å²) in [5, 5.41) is 30.2. The fourth-order valence-electron chi connectivity index (χ4n) is 4.21. The molecule has 40 heavy (non-hydrogen) atoms. The molecule has 0 rings (SSSR count). The number of aliphatic carboxylic acids is 3. The van der Waals surface area contributed by atoms with Gasteiger partial charge in [-0.05, 0) is 38.5 Å². The minimum atomic E-state index is -0.911. The first-order valence-electron chi connectivity index (χ1n) is 16.4. The molecular formula is C33H63CrO6. The van der Waals surface area contributed by atoms with Gasteiger partial charge in [0, 0.05) is 17.9 Å². The third-order valence-corrected chi connectivity index (χ3v) is 6.70. The second-order valence-corrected chi connectivity index (χ2v) is 10.8. The van der Waals surface area contributed by atoms with Crippen molar-refractivity contribution in [2.24, 2.45) is 0 Å². The van der Waals surface area contributed by atoms with Gasteiger partial charge < -0.3 is 29.7 Å². The van der Waals surface area contributed by atoms with Crippen LogP contribution >= 0.6 is 0 Å². The van der Waals surface area contributed by atoms with Crippen molar-refractivity contribution in [1.82, 2.24) is 0 Å². The maximum atomic E-state index is 10.1. The van der Waals surface area contributed by atoms with E-state index in [-0.39, 0.29) is 36.6 Å². The predicted octanol–water partition coefficient (Wildman–Crippen LogP) is 6.80. The minimum absolute atomic E-state index is 0. The standard InChI is InChI=1S/3C11H22O2.Cr/c3*1-2-3-4-5-6-7-8-9-10-11(12)13;/h3*2-10H2,1H3,(H,12,13);/q;;;+3/p-3. The summed E-state index contributed by atoms with van der Waals surface area (Å²) in [6.07, 6.45) is 29.2. The van der Waals surface area contributed by atoms with Crippen LogP contribution in [-0.4, -0.2) is 17.9 Å². The number of carbonyl (C=O) groups is 3. The molecule has 0 N–H and O–H groups in total. The van der Waals surface area contributed by atoms with E-state index in [1.807, 2.05) is 0 Å². The summed E-state index contributed by atoms with van der Waals surface area (Å²) < 4.78 is 0. The number of unbranched alkanes of at least 4 members (excludes halogenated alkanes) is 21. The monoisotopic (exact) mass is 607 g/mol. The SMILES string of the molecule is CCCCCCCCCCC(=O)[O-].CCCCCCCCCCC(=O)[O-].CCCCCCCCCCC(=O)[O-].[Cr+3]. The van der Waals surface area contributed by atoms with Crippen molar-refractivity contribution in [2.75, 3.05) is 0 Å². The summed E-state index contributed by atoms with van der Waals surface area (Å²) in [6, 6.07) is 0. The van der Waals surface area contributed by atoms with Crippen LogP contribution in [-0.2, 0) is 31.7 Å². The molecule has 0 atom stereocenters. The Bertz CT molecular complexity index is 442. The first-order valence-corrected chi connectivity index (χ1v) is 16.4. The van der Waals surface area contributed by atoms with Gasteiger partial charge in [0.2, 0.25) is 0 Å². The summed E-state index contributed by atoms with van der Waals surface area (Å²) >= 11 is 0. The zero-order valence-electron chi connectivity index (χ0n) is 26.4. The Kier molecular flexibility index (Phi) is 48.7. The summed E-state index contributed by atoms with van der Waals surface area (Å²) in [6.45, 7) is 6.62. The third kappa shape index (κ3) is 57.0. The van der Waals surface area contributed by atoms with E-state index in [0.717, 1.165) is 38.5 Å². The van der Waals surface area contributed by atoms with Gasteiger partial charge in [-0.3, -0.25) is 0 Å². The Balaban J connectivity index is -0.000000240. The molecule has 0 aliphatic rings. The summed E-state index contributed by atoms with van der Waals surface area (Å²) in [7, 11) is 0. The van der Waals surface area contributed by atoms with Crippen molar-refractivity contribution in [3.8, 4) is 0 Å². The number of carboxylic acids is 3. The van der Waals surface area contributed by atoms with Crippen LogP contribution in [0.5, 0.6) is 0 Å². The Morgan fingerprint density at radius 2 is 0.475 bits per heavy atom. The Labute approximate surface area is 258 Å². The maximum Gasteiger partial charge on any atom is 3.00 e. The first-order chi connectivity index (χ1) is 18.8. The summed E-state index contributed by atoms with van der Waals surface area (Å²) in [5.41, 5.74) is 0. The molecule has 0 aromatic carbocycles. The van der Waals surface area contributed by atoms with Gasteiger partial charge in [-0.1, -0.05) is 156 Å². The molecule has 0 saturated carbocycles. The van der Waals surface area contributed by atoms with Crippen molar-refractivity contribution in [2.45, 2.75) is 194 Å². The van der Waals surface area contributed by atoms with Crippen molar-refractivity contribution in [1.29, 1.82) is 0 Å². The number of carbonyl (C=O) groups excluding carboxylic acids is 3. The second-order valence-electron chi connectivity index (χ2n) is 10.8. The van der Waals surface area contributed by atoms with E-state index in [2.05, 4.69) is 20.8 Å². The topological polar surface area (TPSA) is 120 Å². The van der Waals surface area contributed by atoms with Crippen LogP contribution in [0.3, 0.4) is 0 Å². The van der Waals surface area contributed by atoms with Crippen LogP contribution in [0.15, 0.2) is 0 Å². The van der Waals surface area contributed by atoms with Gasteiger partial charge in [-0.2, -0.15) is 0 Å². The molecule has 0 spiro atoms. The zero-order chi connectivity index (χ0) is 29.8. The third-order valence-electron chi connectivity index (χ3n) is 6.70. The van der Waals surface area contributed by atoms with Gasteiger partial charge in [-0.15, -0.1) is 0 Å². The average Bonchev–Trinajstić information content (AvgIpc) is 2.89. The van der Waals surface area contributed by atoms with Crippen molar-refractivity contribution < 1.29 is 47.1 Å². The van der Waals surface area contributed by atoms with Crippen molar-refractivity contribution >= 4 is 17.9 Å². The van der Waals surface area contributed by atoms with Gasteiger partial charge >= 0.3 is 17.4 Å². The van der Waals surface area contributed by atoms with E-state index in [1.165, 1.54) is 116 Å². The van der Waals surface area contributed by atoms with E-state index >= 15 is 0 Å². The quantitative estimate of drug-likeness (QED) is 0.0947. The molecule has 0 fully saturated rings. The summed E-state index contributed by atoms with van der Waals surface area (Å²) in [5.74, 6) is -2.73. The van der Waals surface area contributed by atoms with E-state index in [4.69, 9.17) is 0 Å². The molecule has 237 valence electrons. The molecule has 0 unspecified atom stereocenters. The predicted molar refractivity (Wildman–Crippen MR) is 157 cm³/mol. The minimum Gasteiger partial charge on any atom is -0.550 e. The Morgan fingerprint density at radius 1 is 0.325 bits per heavy atom. The van der Waals surface area contributed by atoms with Crippen LogP contribution in [0.2, 0.25) is 0 Å². The number of hydrogen-bond acceptors (Lipinski definition) is 6. The van der Waals surface area contributed by atoms with Crippen molar-refractivity contribution in [3.63, 3.8) is 0 Å². The number of rotatable bonds is 27. The van der Waals surface area contributed by atoms with Gasteiger partial charge in [0.25, 0.3) is 0 Å². The first kappa shape index (κ1) is 45.9. The maximum absolute atomic E-state index is 10.1. The van der Waals surface area contributed by atoms with Gasteiger partial charge in [0.05, 0.1) is 0 Å². The van der Waals surface area contributed by atoms with Crippen LogP contribution in [0.25, 0.3) is 0 Å². The van der Waals surface area contributed by atoms with Crippen molar-refractivity contribution in [3.05, 3.63) is 0 Å². The fraction of sp³-hybridized carbons (Fsp3) is 0.909. The fourth-order valence-corrected chi connectivity index (χ4v) is 4.21. The molecular weight excluding hydrogens is 544 g/mol. The van der Waals surface area contributed by atoms with Crippen LogP contribution in [0.1, 0.15) is 194 Å². The number of carboxylic acid groups (broad SMARTS) is 3. The zero-order valence-corrected chi connectivity index (χ0v) is 27.7. The molecule has 0 amide bonds.